The number of hydrogen-bond acceptors (Lipinski definition) is 2. The van der Waals surface area contributed by atoms with Crippen LogP contribution in [0.15, 0.2) is 30.3 Å². The summed E-state index contributed by atoms with van der Waals surface area (Å²) in [6.45, 7) is 9.39. The molecule has 2 aliphatic rings. The lowest BCUT2D eigenvalue weighted by Crippen LogP contribution is -2.63. The molecule has 1 saturated heterocycles. The predicted molar refractivity (Wildman–Crippen MR) is 89.4 cm³/mol. The van der Waals surface area contributed by atoms with Crippen molar-refractivity contribution in [3.63, 3.8) is 0 Å². The third-order valence-corrected chi connectivity index (χ3v) is 5.72. The first-order chi connectivity index (χ1) is 10.1. The predicted octanol–water partition coefficient (Wildman–Crippen LogP) is 3.77. The molecule has 1 N–H and O–H groups in total. The molecule has 0 bridgehead atoms. The first-order valence-corrected chi connectivity index (χ1v) is 8.65. The first-order valence-electron chi connectivity index (χ1n) is 8.65. The fourth-order valence-electron chi connectivity index (χ4n) is 4.13. The van der Waals surface area contributed by atoms with Crippen molar-refractivity contribution in [3.8, 4) is 0 Å². The van der Waals surface area contributed by atoms with Crippen molar-refractivity contribution >= 4 is 0 Å². The maximum absolute atomic E-state index is 3.80. The second-order valence-electron chi connectivity index (χ2n) is 7.51. The SMILES string of the molecule is CC1CCC(N2CC(C)(c3ccccc3)NCC2C)CC1. The van der Waals surface area contributed by atoms with Crippen LogP contribution in [-0.2, 0) is 5.54 Å². The number of benzene rings is 1. The zero-order chi connectivity index (χ0) is 14.9. The van der Waals surface area contributed by atoms with E-state index in [1.165, 1.54) is 31.2 Å². The average molecular weight is 286 g/mol. The van der Waals surface area contributed by atoms with E-state index >= 15 is 0 Å². The number of piperazine rings is 1. The minimum atomic E-state index is 0.0941. The zero-order valence-corrected chi connectivity index (χ0v) is 13.8. The lowest BCUT2D eigenvalue weighted by atomic mass is 9.83. The summed E-state index contributed by atoms with van der Waals surface area (Å²) >= 11 is 0. The van der Waals surface area contributed by atoms with Crippen LogP contribution < -0.4 is 5.32 Å². The van der Waals surface area contributed by atoms with E-state index in [9.17, 15) is 0 Å². The van der Waals surface area contributed by atoms with Gasteiger partial charge in [0, 0.05) is 25.2 Å². The monoisotopic (exact) mass is 286 g/mol. The molecule has 2 fully saturated rings. The number of rotatable bonds is 2. The van der Waals surface area contributed by atoms with Crippen LogP contribution in [0.25, 0.3) is 0 Å². The topological polar surface area (TPSA) is 15.3 Å². The summed E-state index contributed by atoms with van der Waals surface area (Å²) in [5, 5.41) is 3.80. The average Bonchev–Trinajstić information content (AvgIpc) is 2.52. The molecule has 1 heterocycles. The second-order valence-corrected chi connectivity index (χ2v) is 7.51. The van der Waals surface area contributed by atoms with Gasteiger partial charge in [-0.05, 0) is 51.0 Å². The van der Waals surface area contributed by atoms with Crippen molar-refractivity contribution in [1.29, 1.82) is 0 Å². The Morgan fingerprint density at radius 3 is 2.38 bits per heavy atom. The maximum Gasteiger partial charge on any atom is 0.0535 e. The van der Waals surface area contributed by atoms with Gasteiger partial charge in [0.2, 0.25) is 0 Å². The molecule has 1 aromatic carbocycles. The highest BCUT2D eigenvalue weighted by Crippen LogP contribution is 2.33. The van der Waals surface area contributed by atoms with Gasteiger partial charge in [-0.2, -0.15) is 0 Å². The highest BCUT2D eigenvalue weighted by Gasteiger charge is 2.38. The van der Waals surface area contributed by atoms with Crippen LogP contribution in [0.2, 0.25) is 0 Å². The quantitative estimate of drug-likeness (QED) is 0.890. The molecule has 0 aromatic heterocycles. The summed E-state index contributed by atoms with van der Waals surface area (Å²) < 4.78 is 0. The van der Waals surface area contributed by atoms with Crippen LogP contribution in [0.1, 0.15) is 52.0 Å². The fraction of sp³-hybridized carbons (Fsp3) is 0.684. The van der Waals surface area contributed by atoms with Crippen LogP contribution in [0.3, 0.4) is 0 Å². The van der Waals surface area contributed by atoms with Crippen LogP contribution in [0.5, 0.6) is 0 Å². The Labute approximate surface area is 129 Å². The normalized spacial score (nSPS) is 38.3. The molecule has 0 amide bonds. The van der Waals surface area contributed by atoms with Crippen LogP contribution in [0, 0.1) is 5.92 Å². The minimum absolute atomic E-state index is 0.0941. The minimum Gasteiger partial charge on any atom is -0.305 e. The molecule has 2 atom stereocenters. The van der Waals surface area contributed by atoms with Gasteiger partial charge in [0.25, 0.3) is 0 Å². The first kappa shape index (κ1) is 15.1. The molecule has 1 aliphatic carbocycles. The standard InChI is InChI=1S/C19H30N2/c1-15-9-11-18(12-10-15)21-14-19(3,20-13-16(21)2)17-7-5-4-6-8-17/h4-8,15-16,18,20H,9-14H2,1-3H3. The van der Waals surface area contributed by atoms with E-state index in [2.05, 4.69) is 61.3 Å². The molecule has 0 radical (unpaired) electrons. The largest absolute Gasteiger partial charge is 0.305 e. The Hall–Kier alpha value is -0.860. The van der Waals surface area contributed by atoms with Gasteiger partial charge in [-0.25, -0.2) is 0 Å². The van der Waals surface area contributed by atoms with Crippen molar-refractivity contribution in [2.24, 2.45) is 5.92 Å². The number of nitrogens with zero attached hydrogens (tertiary/aromatic N) is 1. The molecule has 1 aliphatic heterocycles. The molecule has 2 nitrogen and oxygen atoms in total. The van der Waals surface area contributed by atoms with Crippen molar-refractivity contribution in [2.75, 3.05) is 13.1 Å². The number of nitrogens with one attached hydrogen (secondary N) is 1. The van der Waals surface area contributed by atoms with Gasteiger partial charge in [0.1, 0.15) is 0 Å². The highest BCUT2D eigenvalue weighted by atomic mass is 15.3. The van der Waals surface area contributed by atoms with Gasteiger partial charge in [-0.3, -0.25) is 4.90 Å². The smallest absolute Gasteiger partial charge is 0.0535 e. The number of hydrogen-bond donors (Lipinski definition) is 1. The molecular weight excluding hydrogens is 256 g/mol. The zero-order valence-electron chi connectivity index (χ0n) is 13.8. The Balaban J connectivity index is 1.75. The van der Waals surface area contributed by atoms with Crippen molar-refractivity contribution in [1.82, 2.24) is 10.2 Å². The molecule has 2 unspecified atom stereocenters. The van der Waals surface area contributed by atoms with Gasteiger partial charge >= 0.3 is 0 Å². The summed E-state index contributed by atoms with van der Waals surface area (Å²) in [6, 6.07) is 12.4. The lowest BCUT2D eigenvalue weighted by Gasteiger charge is -2.50. The Bertz CT molecular complexity index is 450. The van der Waals surface area contributed by atoms with Crippen molar-refractivity contribution in [2.45, 2.75) is 64.1 Å². The van der Waals surface area contributed by atoms with E-state index in [4.69, 9.17) is 0 Å². The van der Waals surface area contributed by atoms with Gasteiger partial charge in [-0.1, -0.05) is 37.3 Å². The lowest BCUT2D eigenvalue weighted by molar-refractivity contribution is 0.0329. The van der Waals surface area contributed by atoms with Gasteiger partial charge in [-0.15, -0.1) is 0 Å². The van der Waals surface area contributed by atoms with E-state index in [0.29, 0.717) is 6.04 Å². The summed E-state index contributed by atoms with van der Waals surface area (Å²) in [5.41, 5.74) is 1.52. The molecule has 0 spiro atoms. The highest BCUT2D eigenvalue weighted by molar-refractivity contribution is 5.25. The van der Waals surface area contributed by atoms with Crippen LogP contribution in [0.4, 0.5) is 0 Å². The van der Waals surface area contributed by atoms with E-state index in [1.54, 1.807) is 0 Å². The summed E-state index contributed by atoms with van der Waals surface area (Å²) in [4.78, 5) is 2.79. The fourth-order valence-corrected chi connectivity index (χ4v) is 4.13. The third kappa shape index (κ3) is 3.17. The maximum atomic E-state index is 3.80. The molecule has 2 heteroatoms. The molecular formula is C19H30N2. The van der Waals surface area contributed by atoms with Gasteiger partial charge in [0.05, 0.1) is 5.54 Å². The molecule has 1 aromatic rings. The van der Waals surface area contributed by atoms with Crippen molar-refractivity contribution in [3.05, 3.63) is 35.9 Å². The second kappa shape index (κ2) is 6.10. The Kier molecular flexibility index (Phi) is 4.37. The van der Waals surface area contributed by atoms with E-state index in [-0.39, 0.29) is 5.54 Å². The van der Waals surface area contributed by atoms with Crippen LogP contribution >= 0.6 is 0 Å². The van der Waals surface area contributed by atoms with Gasteiger partial charge in [0.15, 0.2) is 0 Å². The molecule has 1 saturated carbocycles. The summed E-state index contributed by atoms with van der Waals surface area (Å²) in [5.74, 6) is 0.931. The Morgan fingerprint density at radius 2 is 1.71 bits per heavy atom. The van der Waals surface area contributed by atoms with E-state index < -0.39 is 0 Å². The third-order valence-electron chi connectivity index (χ3n) is 5.72. The van der Waals surface area contributed by atoms with Gasteiger partial charge < -0.3 is 5.32 Å². The van der Waals surface area contributed by atoms with E-state index in [1.807, 2.05) is 0 Å². The van der Waals surface area contributed by atoms with Crippen LogP contribution in [-0.4, -0.2) is 30.1 Å². The Morgan fingerprint density at radius 1 is 1.05 bits per heavy atom. The molecule has 3 rings (SSSR count). The summed E-state index contributed by atoms with van der Waals surface area (Å²) in [7, 11) is 0. The molecule has 116 valence electrons. The summed E-state index contributed by atoms with van der Waals surface area (Å²) in [6.07, 6.45) is 5.58. The van der Waals surface area contributed by atoms with E-state index in [0.717, 1.165) is 25.0 Å². The molecule has 21 heavy (non-hydrogen) atoms. The van der Waals surface area contributed by atoms with Crippen molar-refractivity contribution < 1.29 is 0 Å².